The van der Waals surface area contributed by atoms with Crippen molar-refractivity contribution >= 4 is 23.6 Å². The minimum absolute atomic E-state index is 0.0713. The molecule has 3 rings (SSSR count). The minimum atomic E-state index is -0.860. The average Bonchev–Trinajstić information content (AvgIpc) is 3.27. The van der Waals surface area contributed by atoms with Gasteiger partial charge in [-0.15, -0.1) is 10.2 Å². The summed E-state index contributed by atoms with van der Waals surface area (Å²) < 4.78 is 1.91. The van der Waals surface area contributed by atoms with Gasteiger partial charge in [-0.3, -0.25) is 9.59 Å². The molecular weight excluding hydrogens is 352 g/mol. The maximum atomic E-state index is 12.6. The summed E-state index contributed by atoms with van der Waals surface area (Å²) in [4.78, 5) is 25.9. The fraction of sp³-hybridized carbons (Fsp3) is 0.444. The monoisotopic (exact) mass is 374 g/mol. The van der Waals surface area contributed by atoms with Gasteiger partial charge in [0.2, 0.25) is 5.91 Å². The van der Waals surface area contributed by atoms with Gasteiger partial charge in [0.25, 0.3) is 0 Å². The topological polar surface area (TPSA) is 88.3 Å². The van der Waals surface area contributed by atoms with E-state index in [2.05, 4.69) is 10.2 Å². The Kier molecular flexibility index (Phi) is 5.61. The Morgan fingerprint density at radius 1 is 1.27 bits per heavy atom. The van der Waals surface area contributed by atoms with Crippen molar-refractivity contribution in [3.63, 3.8) is 0 Å². The molecule has 0 unspecified atom stereocenters. The Morgan fingerprint density at radius 3 is 2.65 bits per heavy atom. The van der Waals surface area contributed by atoms with Crippen LogP contribution >= 0.6 is 11.8 Å². The van der Waals surface area contributed by atoms with Crippen LogP contribution in [0.1, 0.15) is 31.4 Å². The summed E-state index contributed by atoms with van der Waals surface area (Å²) in [6.07, 6.45) is 1.65. The lowest BCUT2D eigenvalue weighted by atomic mass is 9.89. The highest BCUT2D eigenvalue weighted by Crippen LogP contribution is 2.33. The van der Waals surface area contributed by atoms with Gasteiger partial charge in [0, 0.05) is 25.0 Å². The summed E-state index contributed by atoms with van der Waals surface area (Å²) in [5, 5.41) is 18.2. The molecule has 1 aromatic carbocycles. The molecule has 0 aliphatic carbocycles. The Labute approximate surface area is 156 Å². The van der Waals surface area contributed by atoms with Crippen LogP contribution in [0.15, 0.2) is 41.8 Å². The van der Waals surface area contributed by atoms with E-state index < -0.39 is 11.9 Å². The fourth-order valence-corrected chi connectivity index (χ4v) is 4.15. The molecule has 0 radical (unpaired) electrons. The first-order valence-electron chi connectivity index (χ1n) is 8.55. The standard InChI is InChI=1S/C18H22N4O3S/c1-12(2)22-11-19-20-18(22)26-10-16(23)21-8-14(15(9-21)17(24)25)13-6-4-3-5-7-13/h3-7,11-12,14-15H,8-10H2,1-2H3,(H,24,25)/t14-,15-/m0/s1. The number of carbonyl (C=O) groups is 2. The molecule has 1 aliphatic rings. The van der Waals surface area contributed by atoms with E-state index in [1.54, 1.807) is 11.2 Å². The van der Waals surface area contributed by atoms with E-state index in [1.807, 2.05) is 48.7 Å². The second-order valence-electron chi connectivity index (χ2n) is 6.66. The number of benzene rings is 1. The molecule has 26 heavy (non-hydrogen) atoms. The Balaban J connectivity index is 1.66. The zero-order valence-corrected chi connectivity index (χ0v) is 15.6. The Bertz CT molecular complexity index is 778. The zero-order chi connectivity index (χ0) is 18.7. The first kappa shape index (κ1) is 18.4. The number of likely N-dealkylation sites (tertiary alicyclic amines) is 1. The number of hydrogen-bond donors (Lipinski definition) is 1. The molecule has 2 aromatic rings. The van der Waals surface area contributed by atoms with Crippen LogP contribution in [0.5, 0.6) is 0 Å². The van der Waals surface area contributed by atoms with Crippen LogP contribution in [0.3, 0.4) is 0 Å². The molecule has 1 N–H and O–H groups in total. The maximum Gasteiger partial charge on any atom is 0.308 e. The number of thioether (sulfide) groups is 1. The van der Waals surface area contributed by atoms with Gasteiger partial charge < -0.3 is 14.6 Å². The van der Waals surface area contributed by atoms with Crippen LogP contribution in [0, 0.1) is 5.92 Å². The van der Waals surface area contributed by atoms with E-state index in [0.29, 0.717) is 11.7 Å². The van der Waals surface area contributed by atoms with Crippen LogP contribution in [0.4, 0.5) is 0 Å². The molecule has 1 fully saturated rings. The van der Waals surface area contributed by atoms with Crippen LogP contribution in [0.25, 0.3) is 0 Å². The average molecular weight is 374 g/mol. The van der Waals surface area contributed by atoms with Gasteiger partial charge in [-0.1, -0.05) is 42.1 Å². The third kappa shape index (κ3) is 3.90. The molecule has 8 heteroatoms. The molecule has 1 saturated heterocycles. The van der Waals surface area contributed by atoms with Crippen molar-refractivity contribution in [1.29, 1.82) is 0 Å². The van der Waals surface area contributed by atoms with E-state index in [4.69, 9.17) is 0 Å². The van der Waals surface area contributed by atoms with Crippen LogP contribution in [0.2, 0.25) is 0 Å². The summed E-state index contributed by atoms with van der Waals surface area (Å²) in [7, 11) is 0. The highest BCUT2D eigenvalue weighted by Gasteiger charge is 2.40. The maximum absolute atomic E-state index is 12.6. The van der Waals surface area contributed by atoms with E-state index in [0.717, 1.165) is 5.56 Å². The van der Waals surface area contributed by atoms with Gasteiger partial charge in [-0.25, -0.2) is 0 Å². The lowest BCUT2D eigenvalue weighted by Crippen LogP contribution is -2.31. The van der Waals surface area contributed by atoms with Gasteiger partial charge in [0.15, 0.2) is 5.16 Å². The number of rotatable bonds is 6. The number of carboxylic acid groups (broad SMARTS) is 1. The second-order valence-corrected chi connectivity index (χ2v) is 7.61. The third-order valence-corrected chi connectivity index (χ3v) is 5.58. The Hall–Kier alpha value is -2.35. The predicted molar refractivity (Wildman–Crippen MR) is 98.0 cm³/mol. The molecule has 0 spiro atoms. The van der Waals surface area contributed by atoms with Crippen molar-refractivity contribution in [2.45, 2.75) is 31.0 Å². The lowest BCUT2D eigenvalue weighted by Gasteiger charge is -2.16. The molecule has 7 nitrogen and oxygen atoms in total. The minimum Gasteiger partial charge on any atom is -0.481 e. The van der Waals surface area contributed by atoms with Crippen molar-refractivity contribution in [2.24, 2.45) is 5.92 Å². The van der Waals surface area contributed by atoms with Gasteiger partial charge in [0.1, 0.15) is 6.33 Å². The first-order valence-corrected chi connectivity index (χ1v) is 9.53. The number of carbonyl (C=O) groups excluding carboxylic acids is 1. The van der Waals surface area contributed by atoms with E-state index in [1.165, 1.54) is 11.8 Å². The SMILES string of the molecule is CC(C)n1cnnc1SCC(=O)N1C[C@H](C(=O)O)[C@H](c2ccccc2)C1. The fourth-order valence-electron chi connectivity index (χ4n) is 3.20. The van der Waals surface area contributed by atoms with Gasteiger partial charge in [-0.05, 0) is 19.4 Å². The van der Waals surface area contributed by atoms with Crippen LogP contribution < -0.4 is 0 Å². The second kappa shape index (κ2) is 7.90. The van der Waals surface area contributed by atoms with Gasteiger partial charge >= 0.3 is 5.97 Å². The summed E-state index contributed by atoms with van der Waals surface area (Å²) in [5.41, 5.74) is 0.961. The summed E-state index contributed by atoms with van der Waals surface area (Å²) in [6, 6.07) is 9.76. The van der Waals surface area contributed by atoms with E-state index >= 15 is 0 Å². The van der Waals surface area contributed by atoms with Crippen molar-refractivity contribution in [1.82, 2.24) is 19.7 Å². The number of amides is 1. The molecular formula is C18H22N4O3S. The van der Waals surface area contributed by atoms with Crippen molar-refractivity contribution in [3.8, 4) is 0 Å². The highest BCUT2D eigenvalue weighted by molar-refractivity contribution is 7.99. The quantitative estimate of drug-likeness (QED) is 0.781. The summed E-state index contributed by atoms with van der Waals surface area (Å²) in [5.74, 6) is -1.47. The number of nitrogens with zero attached hydrogens (tertiary/aromatic N) is 4. The molecule has 0 bridgehead atoms. The zero-order valence-electron chi connectivity index (χ0n) is 14.8. The molecule has 1 amide bonds. The molecule has 0 saturated carbocycles. The molecule has 138 valence electrons. The number of aliphatic carboxylic acids is 1. The van der Waals surface area contributed by atoms with E-state index in [-0.39, 0.29) is 30.2 Å². The third-order valence-electron chi connectivity index (χ3n) is 4.64. The number of hydrogen-bond acceptors (Lipinski definition) is 5. The van der Waals surface area contributed by atoms with Crippen molar-refractivity contribution in [3.05, 3.63) is 42.2 Å². The molecule has 1 aromatic heterocycles. The largest absolute Gasteiger partial charge is 0.481 e. The summed E-state index contributed by atoms with van der Waals surface area (Å²) in [6.45, 7) is 4.72. The first-order chi connectivity index (χ1) is 12.5. The highest BCUT2D eigenvalue weighted by atomic mass is 32.2. The normalized spacial score (nSPS) is 19.9. The van der Waals surface area contributed by atoms with E-state index in [9.17, 15) is 14.7 Å². The molecule has 2 heterocycles. The number of aromatic nitrogens is 3. The predicted octanol–water partition coefficient (Wildman–Crippen LogP) is 2.28. The lowest BCUT2D eigenvalue weighted by molar-refractivity contribution is -0.141. The van der Waals surface area contributed by atoms with Gasteiger partial charge in [-0.2, -0.15) is 0 Å². The molecule has 1 aliphatic heterocycles. The molecule has 2 atom stereocenters. The Morgan fingerprint density at radius 2 is 2.00 bits per heavy atom. The van der Waals surface area contributed by atoms with Crippen LogP contribution in [-0.2, 0) is 9.59 Å². The summed E-state index contributed by atoms with van der Waals surface area (Å²) >= 11 is 1.33. The number of carboxylic acids is 1. The smallest absolute Gasteiger partial charge is 0.308 e. The van der Waals surface area contributed by atoms with Crippen molar-refractivity contribution < 1.29 is 14.7 Å². The van der Waals surface area contributed by atoms with Gasteiger partial charge in [0.05, 0.1) is 11.7 Å². The van der Waals surface area contributed by atoms with Crippen LogP contribution in [-0.4, -0.2) is 55.5 Å². The van der Waals surface area contributed by atoms with Crippen molar-refractivity contribution in [2.75, 3.05) is 18.8 Å².